The Hall–Kier alpha value is -1.69. The van der Waals surface area contributed by atoms with E-state index in [0.29, 0.717) is 11.5 Å². The summed E-state index contributed by atoms with van der Waals surface area (Å²) < 4.78 is 11.3. The molecule has 1 rings (SSSR count). The van der Waals surface area contributed by atoms with Crippen LogP contribution in [-0.2, 0) is 26.9 Å². The van der Waals surface area contributed by atoms with Gasteiger partial charge < -0.3 is 36.2 Å². The van der Waals surface area contributed by atoms with Gasteiger partial charge in [0.2, 0.25) is 0 Å². The van der Waals surface area contributed by atoms with E-state index < -0.39 is 37.8 Å². The quantitative estimate of drug-likeness (QED) is 0.159. The van der Waals surface area contributed by atoms with E-state index in [9.17, 15) is 34.2 Å². The Kier molecular flexibility index (Phi) is 10.0. The predicted molar refractivity (Wildman–Crippen MR) is 107 cm³/mol. The Morgan fingerprint density at radius 3 is 2.41 bits per heavy atom. The van der Waals surface area contributed by atoms with Crippen LogP contribution >= 0.6 is 19.4 Å². The molecule has 1 aromatic heterocycles. The molecule has 13 heteroatoms. The van der Waals surface area contributed by atoms with E-state index in [1.807, 2.05) is 0 Å². The number of nitrogens with one attached hydrogen (secondary N) is 1. The standard InChI is InChI=1S/C16H26N3O8PS/c1-9-14(20)11(10(6-18-9)8-28(25,26)27)7-19-13(16(23)24)3-5-29-4-2-12(17)15(21)22/h6,12-13,19-20H,2-5,7-8,17H2,1H3,(H,21,22)(H,23,24)(H2,25,26,27)/t12-,13-/m0/s1. The van der Waals surface area contributed by atoms with Crippen molar-refractivity contribution in [2.45, 2.75) is 44.6 Å². The van der Waals surface area contributed by atoms with E-state index in [1.54, 1.807) is 0 Å². The molecule has 0 aromatic carbocycles. The van der Waals surface area contributed by atoms with Crippen LogP contribution in [0.1, 0.15) is 29.7 Å². The highest BCUT2D eigenvalue weighted by molar-refractivity contribution is 7.99. The summed E-state index contributed by atoms with van der Waals surface area (Å²) in [6.07, 6.45) is 1.12. The van der Waals surface area contributed by atoms with Gasteiger partial charge in [0.1, 0.15) is 17.8 Å². The van der Waals surface area contributed by atoms with Crippen LogP contribution in [0.5, 0.6) is 5.75 Å². The Balaban J connectivity index is 2.70. The zero-order valence-electron chi connectivity index (χ0n) is 15.8. The van der Waals surface area contributed by atoms with Gasteiger partial charge in [-0.05, 0) is 36.8 Å². The van der Waals surface area contributed by atoms with Crippen LogP contribution in [0.3, 0.4) is 0 Å². The minimum Gasteiger partial charge on any atom is -0.506 e. The van der Waals surface area contributed by atoms with Crippen molar-refractivity contribution in [1.82, 2.24) is 10.3 Å². The summed E-state index contributed by atoms with van der Waals surface area (Å²) in [5.74, 6) is -1.54. The SMILES string of the molecule is Cc1ncc(CP(=O)(O)O)c(CN[C@@H](CCSCC[C@H](N)C(=O)O)C(=O)O)c1O. The molecule has 0 bridgehead atoms. The number of hydrogen-bond acceptors (Lipinski definition) is 8. The van der Waals surface area contributed by atoms with Crippen LogP contribution in [0.2, 0.25) is 0 Å². The van der Waals surface area contributed by atoms with E-state index in [2.05, 4.69) is 10.3 Å². The summed E-state index contributed by atoms with van der Waals surface area (Å²) in [4.78, 5) is 44.4. The molecular weight excluding hydrogens is 425 g/mol. The van der Waals surface area contributed by atoms with Crippen molar-refractivity contribution in [2.75, 3.05) is 11.5 Å². The highest BCUT2D eigenvalue weighted by atomic mass is 32.2. The second-order valence-electron chi connectivity index (χ2n) is 6.42. The molecule has 2 atom stereocenters. The number of aliphatic carboxylic acids is 2. The van der Waals surface area contributed by atoms with Crippen LogP contribution in [-0.4, -0.2) is 65.6 Å². The van der Waals surface area contributed by atoms with Crippen molar-refractivity contribution in [3.05, 3.63) is 23.0 Å². The van der Waals surface area contributed by atoms with Crippen LogP contribution in [0, 0.1) is 6.92 Å². The van der Waals surface area contributed by atoms with Gasteiger partial charge in [-0.3, -0.25) is 19.1 Å². The molecule has 0 aliphatic carbocycles. The first-order chi connectivity index (χ1) is 13.4. The topological polar surface area (TPSA) is 203 Å². The van der Waals surface area contributed by atoms with Crippen molar-refractivity contribution in [3.63, 3.8) is 0 Å². The van der Waals surface area contributed by atoms with Crippen LogP contribution in [0.15, 0.2) is 6.20 Å². The van der Waals surface area contributed by atoms with Crippen molar-refractivity contribution in [3.8, 4) is 5.75 Å². The Labute approximate surface area is 171 Å². The van der Waals surface area contributed by atoms with Crippen molar-refractivity contribution >= 4 is 31.3 Å². The molecule has 0 spiro atoms. The predicted octanol–water partition coefficient (Wildman–Crippen LogP) is 0.241. The summed E-state index contributed by atoms with van der Waals surface area (Å²) in [6, 6.07) is -1.92. The van der Waals surface area contributed by atoms with Crippen molar-refractivity contribution in [1.29, 1.82) is 0 Å². The third kappa shape index (κ3) is 9.11. The number of rotatable bonds is 13. The lowest BCUT2D eigenvalue weighted by Crippen LogP contribution is -2.37. The molecule has 0 aliphatic rings. The molecule has 0 aliphatic heterocycles. The van der Waals surface area contributed by atoms with Gasteiger partial charge >= 0.3 is 19.5 Å². The average Bonchev–Trinajstić information content (AvgIpc) is 2.60. The monoisotopic (exact) mass is 451 g/mol. The summed E-state index contributed by atoms with van der Waals surface area (Å²) >= 11 is 1.37. The van der Waals surface area contributed by atoms with Gasteiger partial charge in [-0.2, -0.15) is 11.8 Å². The molecular formula is C16H26N3O8PS. The number of aromatic hydroxyl groups is 1. The molecule has 0 unspecified atom stereocenters. The first kappa shape index (κ1) is 25.3. The fourth-order valence-electron chi connectivity index (χ4n) is 2.41. The lowest BCUT2D eigenvalue weighted by Gasteiger charge is -2.18. The molecule has 1 aromatic rings. The molecule has 1 heterocycles. The highest BCUT2D eigenvalue weighted by Gasteiger charge is 2.23. The van der Waals surface area contributed by atoms with Crippen molar-refractivity contribution in [2.24, 2.45) is 5.73 Å². The van der Waals surface area contributed by atoms with Gasteiger partial charge in [-0.15, -0.1) is 0 Å². The van der Waals surface area contributed by atoms with Gasteiger partial charge in [0, 0.05) is 18.3 Å². The normalized spacial score (nSPS) is 13.8. The number of aryl methyl sites for hydroxylation is 1. The Morgan fingerprint density at radius 2 is 1.86 bits per heavy atom. The molecule has 0 radical (unpaired) electrons. The minimum atomic E-state index is -4.41. The Morgan fingerprint density at radius 1 is 1.24 bits per heavy atom. The first-order valence-corrected chi connectivity index (χ1v) is 11.6. The maximum atomic E-state index is 11.5. The third-order valence-electron chi connectivity index (χ3n) is 4.07. The largest absolute Gasteiger partial charge is 0.506 e. The van der Waals surface area contributed by atoms with Gasteiger partial charge in [0.15, 0.2) is 0 Å². The third-order valence-corrected chi connectivity index (χ3v) is 5.87. The molecule has 164 valence electrons. The number of nitrogens with two attached hydrogens (primary N) is 1. The number of hydrogen-bond donors (Lipinski definition) is 7. The van der Waals surface area contributed by atoms with Crippen LogP contribution in [0.4, 0.5) is 0 Å². The fourth-order valence-corrected chi connectivity index (χ4v) is 4.16. The van der Waals surface area contributed by atoms with Crippen molar-refractivity contribution < 1.29 is 39.3 Å². The van der Waals surface area contributed by atoms with E-state index in [1.165, 1.54) is 24.9 Å². The second kappa shape index (κ2) is 11.5. The smallest absolute Gasteiger partial charge is 0.329 e. The molecule has 8 N–H and O–H groups in total. The van der Waals surface area contributed by atoms with E-state index >= 15 is 0 Å². The van der Waals surface area contributed by atoms with Gasteiger partial charge in [-0.1, -0.05) is 0 Å². The summed E-state index contributed by atoms with van der Waals surface area (Å²) in [5.41, 5.74) is 5.98. The number of aromatic nitrogens is 1. The summed E-state index contributed by atoms with van der Waals surface area (Å²) in [5, 5.41) is 31.1. The second-order valence-corrected chi connectivity index (χ2v) is 9.30. The number of thioether (sulfide) groups is 1. The van der Waals surface area contributed by atoms with Gasteiger partial charge in [0.05, 0.1) is 11.9 Å². The van der Waals surface area contributed by atoms with Gasteiger partial charge in [-0.25, -0.2) is 0 Å². The van der Waals surface area contributed by atoms with E-state index in [4.69, 9.17) is 10.8 Å². The summed E-state index contributed by atoms with van der Waals surface area (Å²) in [7, 11) is -4.41. The molecule has 0 saturated carbocycles. The molecule has 0 fully saturated rings. The zero-order valence-corrected chi connectivity index (χ0v) is 17.5. The van der Waals surface area contributed by atoms with Crippen LogP contribution < -0.4 is 11.1 Å². The maximum Gasteiger partial charge on any atom is 0.329 e. The Bertz CT molecular complexity index is 773. The zero-order chi connectivity index (χ0) is 22.2. The molecule has 0 saturated heterocycles. The number of carboxylic acid groups (broad SMARTS) is 2. The summed E-state index contributed by atoms with van der Waals surface area (Å²) in [6.45, 7) is 1.41. The van der Waals surface area contributed by atoms with E-state index in [-0.39, 0.29) is 42.0 Å². The average molecular weight is 451 g/mol. The first-order valence-electron chi connectivity index (χ1n) is 8.65. The van der Waals surface area contributed by atoms with Crippen LogP contribution in [0.25, 0.3) is 0 Å². The maximum absolute atomic E-state index is 11.5. The number of pyridine rings is 1. The lowest BCUT2D eigenvalue weighted by molar-refractivity contribution is -0.140. The van der Waals surface area contributed by atoms with E-state index in [0.717, 1.165) is 0 Å². The number of nitrogens with zero attached hydrogens (tertiary/aromatic N) is 1. The molecule has 11 nitrogen and oxygen atoms in total. The van der Waals surface area contributed by atoms with Gasteiger partial charge in [0.25, 0.3) is 0 Å². The minimum absolute atomic E-state index is 0.115. The number of carboxylic acids is 2. The fraction of sp³-hybridized carbons (Fsp3) is 0.562. The lowest BCUT2D eigenvalue weighted by atomic mass is 10.1. The highest BCUT2D eigenvalue weighted by Crippen LogP contribution is 2.41. The number of carbonyl (C=O) groups is 2. The molecule has 0 amide bonds. The molecule has 29 heavy (non-hydrogen) atoms.